The third kappa shape index (κ3) is 2.55. The SMILES string of the molecule is Cc1oc2ccc(OCc3cnccn3)cc2c1C(=O)O. The number of aromatic nitrogens is 2. The van der Waals surface area contributed by atoms with E-state index in [1.165, 1.54) is 0 Å². The fourth-order valence-corrected chi connectivity index (χ4v) is 2.12. The first-order valence-electron chi connectivity index (χ1n) is 6.29. The summed E-state index contributed by atoms with van der Waals surface area (Å²) >= 11 is 0. The molecular weight excluding hydrogens is 272 g/mol. The van der Waals surface area contributed by atoms with Crippen molar-refractivity contribution < 1.29 is 19.1 Å². The van der Waals surface area contributed by atoms with Gasteiger partial charge in [-0.1, -0.05) is 0 Å². The second kappa shape index (κ2) is 5.24. The molecule has 0 aliphatic carbocycles. The van der Waals surface area contributed by atoms with Crippen molar-refractivity contribution in [1.82, 2.24) is 9.97 Å². The molecule has 3 rings (SSSR count). The fourth-order valence-electron chi connectivity index (χ4n) is 2.12. The van der Waals surface area contributed by atoms with Crippen molar-refractivity contribution in [2.45, 2.75) is 13.5 Å². The Morgan fingerprint density at radius 3 is 2.95 bits per heavy atom. The molecule has 0 aliphatic rings. The molecule has 2 aromatic heterocycles. The topological polar surface area (TPSA) is 85.5 Å². The van der Waals surface area contributed by atoms with Gasteiger partial charge in [-0.15, -0.1) is 0 Å². The van der Waals surface area contributed by atoms with Crippen LogP contribution in [0.2, 0.25) is 0 Å². The Balaban J connectivity index is 1.90. The van der Waals surface area contributed by atoms with Gasteiger partial charge in [0.15, 0.2) is 0 Å². The Labute approximate surface area is 120 Å². The van der Waals surface area contributed by atoms with Crippen LogP contribution in [0.1, 0.15) is 21.8 Å². The standard InChI is InChI=1S/C15H12N2O4/c1-9-14(15(18)19)12-6-11(2-3-13(12)21-9)20-8-10-7-16-4-5-17-10/h2-7H,8H2,1H3,(H,18,19). The van der Waals surface area contributed by atoms with Crippen LogP contribution in [-0.4, -0.2) is 21.0 Å². The molecule has 0 fully saturated rings. The molecule has 0 aliphatic heterocycles. The highest BCUT2D eigenvalue weighted by Crippen LogP contribution is 2.29. The summed E-state index contributed by atoms with van der Waals surface area (Å²) in [6.07, 6.45) is 4.79. The summed E-state index contributed by atoms with van der Waals surface area (Å²) in [5.74, 6) is -0.0858. The van der Waals surface area contributed by atoms with E-state index >= 15 is 0 Å². The molecule has 0 radical (unpaired) electrons. The summed E-state index contributed by atoms with van der Waals surface area (Å²) in [6, 6.07) is 5.08. The van der Waals surface area contributed by atoms with E-state index in [0.29, 0.717) is 28.2 Å². The second-order valence-electron chi connectivity index (χ2n) is 4.48. The lowest BCUT2D eigenvalue weighted by Crippen LogP contribution is -1.99. The fraction of sp³-hybridized carbons (Fsp3) is 0.133. The summed E-state index contributed by atoms with van der Waals surface area (Å²) in [6.45, 7) is 1.89. The van der Waals surface area contributed by atoms with Crippen molar-refractivity contribution >= 4 is 16.9 Å². The molecule has 2 heterocycles. The van der Waals surface area contributed by atoms with Gasteiger partial charge in [0.1, 0.15) is 29.3 Å². The molecule has 0 unspecified atom stereocenters. The zero-order valence-electron chi connectivity index (χ0n) is 11.2. The van der Waals surface area contributed by atoms with Crippen molar-refractivity contribution in [3.05, 3.63) is 53.8 Å². The molecule has 6 heteroatoms. The first-order valence-corrected chi connectivity index (χ1v) is 6.29. The number of aryl methyl sites for hydroxylation is 1. The molecule has 0 bridgehead atoms. The number of benzene rings is 1. The van der Waals surface area contributed by atoms with Crippen molar-refractivity contribution in [1.29, 1.82) is 0 Å². The van der Waals surface area contributed by atoms with Gasteiger partial charge in [0, 0.05) is 17.8 Å². The van der Waals surface area contributed by atoms with Gasteiger partial charge in [0.05, 0.1) is 11.9 Å². The Hall–Kier alpha value is -2.89. The number of aromatic carboxylic acids is 1. The molecule has 0 saturated carbocycles. The molecule has 0 spiro atoms. The molecule has 21 heavy (non-hydrogen) atoms. The molecule has 0 atom stereocenters. The summed E-state index contributed by atoms with van der Waals surface area (Å²) in [7, 11) is 0. The van der Waals surface area contributed by atoms with E-state index in [9.17, 15) is 9.90 Å². The summed E-state index contributed by atoms with van der Waals surface area (Å²) in [5.41, 5.74) is 1.38. The highest BCUT2D eigenvalue weighted by Gasteiger charge is 2.17. The van der Waals surface area contributed by atoms with Gasteiger partial charge in [-0.05, 0) is 25.1 Å². The monoisotopic (exact) mass is 284 g/mol. The Bertz CT molecular complexity index is 796. The van der Waals surface area contributed by atoms with E-state index in [-0.39, 0.29) is 12.2 Å². The van der Waals surface area contributed by atoms with Crippen molar-refractivity contribution in [3.8, 4) is 5.75 Å². The van der Waals surface area contributed by atoms with E-state index in [1.807, 2.05) is 0 Å². The highest BCUT2D eigenvalue weighted by atomic mass is 16.5. The van der Waals surface area contributed by atoms with E-state index in [0.717, 1.165) is 0 Å². The Morgan fingerprint density at radius 2 is 2.24 bits per heavy atom. The van der Waals surface area contributed by atoms with Gasteiger partial charge in [0.25, 0.3) is 0 Å². The molecule has 6 nitrogen and oxygen atoms in total. The van der Waals surface area contributed by atoms with Gasteiger partial charge in [0.2, 0.25) is 0 Å². The Morgan fingerprint density at radius 1 is 1.38 bits per heavy atom. The maximum absolute atomic E-state index is 11.3. The van der Waals surface area contributed by atoms with Crippen LogP contribution in [-0.2, 0) is 6.61 Å². The zero-order chi connectivity index (χ0) is 14.8. The van der Waals surface area contributed by atoms with E-state index in [4.69, 9.17) is 9.15 Å². The number of hydrogen-bond donors (Lipinski definition) is 1. The van der Waals surface area contributed by atoms with Crippen LogP contribution < -0.4 is 4.74 Å². The van der Waals surface area contributed by atoms with E-state index in [1.54, 1.807) is 43.7 Å². The predicted octanol–water partition coefficient (Wildman–Crippen LogP) is 2.81. The number of carbonyl (C=O) groups is 1. The second-order valence-corrected chi connectivity index (χ2v) is 4.48. The first-order chi connectivity index (χ1) is 10.1. The number of carboxylic acids is 1. The molecule has 0 saturated heterocycles. The molecule has 0 amide bonds. The molecule has 106 valence electrons. The third-order valence-electron chi connectivity index (χ3n) is 3.05. The molecule has 3 aromatic rings. The van der Waals surface area contributed by atoms with E-state index in [2.05, 4.69) is 9.97 Å². The summed E-state index contributed by atoms with van der Waals surface area (Å²) < 4.78 is 11.0. The van der Waals surface area contributed by atoms with Crippen LogP contribution >= 0.6 is 0 Å². The van der Waals surface area contributed by atoms with Gasteiger partial charge in [-0.25, -0.2) is 4.79 Å². The third-order valence-corrected chi connectivity index (χ3v) is 3.05. The zero-order valence-corrected chi connectivity index (χ0v) is 11.2. The van der Waals surface area contributed by atoms with E-state index < -0.39 is 5.97 Å². The molecule has 1 N–H and O–H groups in total. The summed E-state index contributed by atoms with van der Waals surface area (Å²) in [4.78, 5) is 19.3. The van der Waals surface area contributed by atoms with Crippen LogP contribution in [0.15, 0.2) is 41.2 Å². The maximum Gasteiger partial charge on any atom is 0.339 e. The smallest absolute Gasteiger partial charge is 0.339 e. The Kier molecular flexibility index (Phi) is 3.27. The van der Waals surface area contributed by atoms with Crippen LogP contribution in [0.4, 0.5) is 0 Å². The lowest BCUT2D eigenvalue weighted by molar-refractivity contribution is 0.0697. The number of carboxylic acid groups (broad SMARTS) is 1. The predicted molar refractivity (Wildman–Crippen MR) is 74.3 cm³/mol. The molecular formula is C15H12N2O4. The molecule has 1 aromatic carbocycles. The minimum atomic E-state index is -1.02. The average Bonchev–Trinajstić information content (AvgIpc) is 2.81. The number of ether oxygens (including phenoxy) is 1. The number of nitrogens with zero attached hydrogens (tertiary/aromatic N) is 2. The van der Waals surface area contributed by atoms with Crippen LogP contribution in [0.5, 0.6) is 5.75 Å². The normalized spacial score (nSPS) is 10.7. The summed E-state index contributed by atoms with van der Waals surface area (Å²) in [5, 5.41) is 9.76. The number of hydrogen-bond acceptors (Lipinski definition) is 5. The van der Waals surface area contributed by atoms with Crippen molar-refractivity contribution in [3.63, 3.8) is 0 Å². The quantitative estimate of drug-likeness (QED) is 0.792. The first kappa shape index (κ1) is 13.1. The minimum Gasteiger partial charge on any atom is -0.487 e. The van der Waals surface area contributed by atoms with Gasteiger partial charge >= 0.3 is 5.97 Å². The van der Waals surface area contributed by atoms with Gasteiger partial charge in [-0.3, -0.25) is 9.97 Å². The van der Waals surface area contributed by atoms with Crippen molar-refractivity contribution in [2.75, 3.05) is 0 Å². The largest absolute Gasteiger partial charge is 0.487 e. The van der Waals surface area contributed by atoms with Gasteiger partial charge < -0.3 is 14.3 Å². The lowest BCUT2D eigenvalue weighted by atomic mass is 10.1. The number of furan rings is 1. The van der Waals surface area contributed by atoms with Crippen LogP contribution in [0.25, 0.3) is 11.0 Å². The number of fused-ring (bicyclic) bond motifs is 1. The van der Waals surface area contributed by atoms with Crippen LogP contribution in [0, 0.1) is 6.92 Å². The average molecular weight is 284 g/mol. The number of rotatable bonds is 4. The highest BCUT2D eigenvalue weighted by molar-refractivity contribution is 6.03. The minimum absolute atomic E-state index is 0.162. The van der Waals surface area contributed by atoms with Gasteiger partial charge in [-0.2, -0.15) is 0 Å². The maximum atomic E-state index is 11.3. The van der Waals surface area contributed by atoms with Crippen molar-refractivity contribution in [2.24, 2.45) is 0 Å². The lowest BCUT2D eigenvalue weighted by Gasteiger charge is -2.05. The van der Waals surface area contributed by atoms with Crippen LogP contribution in [0.3, 0.4) is 0 Å².